The molecular formula is C26H30FN7OS. The van der Waals surface area contributed by atoms with Gasteiger partial charge in [0, 0.05) is 31.9 Å². The molecule has 1 aliphatic heterocycles. The van der Waals surface area contributed by atoms with Gasteiger partial charge in [0.2, 0.25) is 5.95 Å². The van der Waals surface area contributed by atoms with E-state index in [-0.39, 0.29) is 5.82 Å². The van der Waals surface area contributed by atoms with Gasteiger partial charge in [-0.15, -0.1) is 11.3 Å². The van der Waals surface area contributed by atoms with Crippen LogP contribution in [0.1, 0.15) is 25.1 Å². The first kappa shape index (κ1) is 24.4. The molecule has 36 heavy (non-hydrogen) atoms. The standard InChI is InChI=1S/C26H30FN7OS/c1-16-15-36-24-22(16)23(30-21-7-5-6-20(29-21)26(2,3)35)31-25(32-24)28-17-8-9-19(18(27)14-17)34-12-10-33(4)11-13-34/h5-9,14-15,35H,10-13H2,1-4H3,(H2,28,29,30,31,32). The van der Waals surface area contributed by atoms with Crippen LogP contribution in [0.4, 0.5) is 33.3 Å². The summed E-state index contributed by atoms with van der Waals surface area (Å²) in [5.74, 6) is 1.24. The lowest BCUT2D eigenvalue weighted by molar-refractivity contribution is 0.0740. The van der Waals surface area contributed by atoms with Gasteiger partial charge >= 0.3 is 0 Å². The number of fused-ring (bicyclic) bond motifs is 1. The molecule has 0 atom stereocenters. The van der Waals surface area contributed by atoms with E-state index >= 15 is 4.39 Å². The summed E-state index contributed by atoms with van der Waals surface area (Å²) in [5.41, 5.74) is 1.72. The lowest BCUT2D eigenvalue weighted by atomic mass is 10.1. The zero-order valence-corrected chi connectivity index (χ0v) is 21.7. The number of nitrogens with one attached hydrogen (secondary N) is 2. The molecule has 1 fully saturated rings. The van der Waals surface area contributed by atoms with Crippen molar-refractivity contribution in [1.82, 2.24) is 19.9 Å². The summed E-state index contributed by atoms with van der Waals surface area (Å²) in [6, 6.07) is 10.6. The summed E-state index contributed by atoms with van der Waals surface area (Å²) >= 11 is 1.52. The monoisotopic (exact) mass is 507 g/mol. The average Bonchev–Trinajstić information content (AvgIpc) is 3.20. The number of piperazine rings is 1. The van der Waals surface area contributed by atoms with Crippen molar-refractivity contribution in [2.24, 2.45) is 0 Å². The van der Waals surface area contributed by atoms with Gasteiger partial charge in [-0.2, -0.15) is 4.98 Å². The summed E-state index contributed by atoms with van der Waals surface area (Å²) in [7, 11) is 2.08. The van der Waals surface area contributed by atoms with Gasteiger partial charge < -0.3 is 25.5 Å². The number of aromatic nitrogens is 3. The fourth-order valence-corrected chi connectivity index (χ4v) is 5.14. The quantitative estimate of drug-likeness (QED) is 0.336. The zero-order valence-electron chi connectivity index (χ0n) is 20.8. The second-order valence-electron chi connectivity index (χ2n) is 9.67. The summed E-state index contributed by atoms with van der Waals surface area (Å²) in [4.78, 5) is 19.0. The van der Waals surface area contributed by atoms with E-state index in [0.29, 0.717) is 34.7 Å². The Morgan fingerprint density at radius 1 is 1.03 bits per heavy atom. The molecule has 0 saturated carbocycles. The van der Waals surface area contributed by atoms with Crippen LogP contribution >= 0.6 is 11.3 Å². The van der Waals surface area contributed by atoms with E-state index in [4.69, 9.17) is 4.98 Å². The molecule has 10 heteroatoms. The van der Waals surface area contributed by atoms with Crippen molar-refractivity contribution in [2.75, 3.05) is 48.8 Å². The highest BCUT2D eigenvalue weighted by atomic mass is 32.1. The van der Waals surface area contributed by atoms with Gasteiger partial charge in [-0.3, -0.25) is 0 Å². The molecule has 0 radical (unpaired) electrons. The normalized spacial score (nSPS) is 14.9. The number of likely N-dealkylation sites (N-methyl/N-ethyl adjacent to an activating group) is 1. The van der Waals surface area contributed by atoms with E-state index < -0.39 is 5.60 Å². The lowest BCUT2D eigenvalue weighted by Gasteiger charge is -2.34. The predicted octanol–water partition coefficient (Wildman–Crippen LogP) is 5.00. The van der Waals surface area contributed by atoms with Gasteiger partial charge in [0.25, 0.3) is 0 Å². The largest absolute Gasteiger partial charge is 0.384 e. The molecule has 3 aromatic heterocycles. The van der Waals surface area contributed by atoms with Crippen LogP contribution in [-0.2, 0) is 5.60 Å². The van der Waals surface area contributed by atoms with Crippen molar-refractivity contribution in [2.45, 2.75) is 26.4 Å². The summed E-state index contributed by atoms with van der Waals surface area (Å²) in [6.07, 6.45) is 0. The van der Waals surface area contributed by atoms with Gasteiger partial charge in [-0.1, -0.05) is 6.07 Å². The summed E-state index contributed by atoms with van der Waals surface area (Å²) in [5, 5.41) is 19.7. The molecule has 1 aliphatic rings. The maximum atomic E-state index is 15.0. The number of pyridine rings is 1. The number of thiophene rings is 1. The van der Waals surface area contributed by atoms with Crippen LogP contribution < -0.4 is 15.5 Å². The molecule has 8 nitrogen and oxygen atoms in total. The highest BCUT2D eigenvalue weighted by molar-refractivity contribution is 7.17. The number of aryl methyl sites for hydroxylation is 1. The molecule has 0 spiro atoms. The number of nitrogens with zero attached hydrogens (tertiary/aromatic N) is 5. The SMILES string of the molecule is Cc1csc2nc(Nc3ccc(N4CCN(C)CC4)c(F)c3)nc(Nc3cccc(C(C)(C)O)n3)c12. The molecule has 3 N–H and O–H groups in total. The molecule has 0 amide bonds. The number of hydrogen-bond acceptors (Lipinski definition) is 9. The topological polar surface area (TPSA) is 89.4 Å². The van der Waals surface area contributed by atoms with E-state index in [2.05, 4.69) is 37.4 Å². The minimum Gasteiger partial charge on any atom is -0.384 e. The van der Waals surface area contributed by atoms with Crippen molar-refractivity contribution in [3.63, 3.8) is 0 Å². The number of aliphatic hydroxyl groups is 1. The molecule has 4 heterocycles. The summed E-state index contributed by atoms with van der Waals surface area (Å²) < 4.78 is 15.0. The Morgan fingerprint density at radius 3 is 2.53 bits per heavy atom. The van der Waals surface area contributed by atoms with Crippen LogP contribution in [0.25, 0.3) is 10.2 Å². The van der Waals surface area contributed by atoms with Crippen LogP contribution in [0.2, 0.25) is 0 Å². The molecule has 0 bridgehead atoms. The number of anilines is 5. The van der Waals surface area contributed by atoms with E-state index in [1.807, 2.05) is 36.6 Å². The second-order valence-corrected chi connectivity index (χ2v) is 10.5. The Kier molecular flexibility index (Phi) is 6.50. The Morgan fingerprint density at radius 2 is 1.81 bits per heavy atom. The zero-order chi connectivity index (χ0) is 25.4. The molecule has 1 aromatic carbocycles. The predicted molar refractivity (Wildman–Crippen MR) is 144 cm³/mol. The third-order valence-electron chi connectivity index (χ3n) is 6.29. The number of rotatable bonds is 6. The Bertz CT molecular complexity index is 1390. The number of halogens is 1. The molecule has 4 aromatic rings. The first-order valence-corrected chi connectivity index (χ1v) is 12.8. The van der Waals surface area contributed by atoms with Gasteiger partial charge in [-0.05, 0) is 69.1 Å². The first-order chi connectivity index (χ1) is 17.2. The molecule has 5 rings (SSSR count). The van der Waals surface area contributed by atoms with Gasteiger partial charge in [0.15, 0.2) is 0 Å². The fraction of sp³-hybridized carbons (Fsp3) is 0.346. The fourth-order valence-electron chi connectivity index (χ4n) is 4.21. The molecule has 0 aliphatic carbocycles. The maximum Gasteiger partial charge on any atom is 0.230 e. The molecule has 1 saturated heterocycles. The smallest absolute Gasteiger partial charge is 0.230 e. The third kappa shape index (κ3) is 5.11. The second kappa shape index (κ2) is 9.61. The molecule has 188 valence electrons. The van der Waals surface area contributed by atoms with Crippen LogP contribution in [0, 0.1) is 12.7 Å². The highest BCUT2D eigenvalue weighted by Crippen LogP contribution is 2.33. The van der Waals surface area contributed by atoms with Crippen molar-refractivity contribution in [1.29, 1.82) is 0 Å². The van der Waals surface area contributed by atoms with Crippen molar-refractivity contribution in [3.05, 3.63) is 58.9 Å². The van der Waals surface area contributed by atoms with E-state index in [0.717, 1.165) is 42.0 Å². The molecule has 0 unspecified atom stereocenters. The third-order valence-corrected chi connectivity index (χ3v) is 7.28. The minimum atomic E-state index is -1.07. The van der Waals surface area contributed by atoms with Gasteiger partial charge in [0.05, 0.1) is 16.8 Å². The van der Waals surface area contributed by atoms with E-state index in [1.165, 1.54) is 17.4 Å². The van der Waals surface area contributed by atoms with Crippen LogP contribution in [0.15, 0.2) is 41.8 Å². The maximum absolute atomic E-state index is 15.0. The van der Waals surface area contributed by atoms with Crippen molar-refractivity contribution < 1.29 is 9.50 Å². The number of hydrogen-bond donors (Lipinski definition) is 3. The lowest BCUT2D eigenvalue weighted by Crippen LogP contribution is -2.44. The van der Waals surface area contributed by atoms with Crippen LogP contribution in [0.3, 0.4) is 0 Å². The van der Waals surface area contributed by atoms with Crippen LogP contribution in [0.5, 0.6) is 0 Å². The van der Waals surface area contributed by atoms with Crippen molar-refractivity contribution in [3.8, 4) is 0 Å². The highest BCUT2D eigenvalue weighted by Gasteiger charge is 2.20. The Hall–Kier alpha value is -3.34. The first-order valence-electron chi connectivity index (χ1n) is 11.9. The number of benzene rings is 1. The Balaban J connectivity index is 1.43. The van der Waals surface area contributed by atoms with E-state index in [1.54, 1.807) is 19.9 Å². The average molecular weight is 508 g/mol. The van der Waals surface area contributed by atoms with Crippen LogP contribution in [-0.4, -0.2) is 58.2 Å². The molecular weight excluding hydrogens is 477 g/mol. The van der Waals surface area contributed by atoms with Crippen molar-refractivity contribution >= 4 is 50.5 Å². The summed E-state index contributed by atoms with van der Waals surface area (Å²) in [6.45, 7) is 8.83. The van der Waals surface area contributed by atoms with Gasteiger partial charge in [0.1, 0.15) is 27.9 Å². The van der Waals surface area contributed by atoms with E-state index in [9.17, 15) is 5.11 Å². The minimum absolute atomic E-state index is 0.274. The van der Waals surface area contributed by atoms with Gasteiger partial charge in [-0.25, -0.2) is 14.4 Å². The Labute approximate surface area is 213 Å².